The highest BCUT2D eigenvalue weighted by atomic mass is 32.2. The fourth-order valence-electron chi connectivity index (χ4n) is 3.73. The van der Waals surface area contributed by atoms with Crippen LogP contribution in [0.4, 0.5) is 4.39 Å². The minimum absolute atomic E-state index is 0.00841. The number of aromatic nitrogens is 1. The number of carbonyl (C=O) groups excluding carboxylic acids is 1. The number of aliphatic imine (C=N–C) groups is 1. The molecule has 0 spiro atoms. The summed E-state index contributed by atoms with van der Waals surface area (Å²) in [5.74, 6) is -0.532. The molecule has 0 aliphatic carbocycles. The number of para-hydroxylation sites is 1. The van der Waals surface area contributed by atoms with Crippen molar-refractivity contribution in [1.82, 2.24) is 9.58 Å². The number of hydrazone groups is 1. The van der Waals surface area contributed by atoms with Crippen molar-refractivity contribution in [3.63, 3.8) is 0 Å². The van der Waals surface area contributed by atoms with Crippen molar-refractivity contribution in [3.05, 3.63) is 77.2 Å². The number of amides is 1. The average molecular weight is 446 g/mol. The minimum atomic E-state index is -0.458. The van der Waals surface area contributed by atoms with E-state index in [1.54, 1.807) is 18.2 Å². The van der Waals surface area contributed by atoms with Crippen molar-refractivity contribution >= 4 is 50.7 Å². The van der Waals surface area contributed by atoms with Crippen LogP contribution in [0.25, 0.3) is 17.0 Å². The van der Waals surface area contributed by atoms with Crippen molar-refractivity contribution in [2.75, 3.05) is 0 Å². The van der Waals surface area contributed by atoms with Crippen LogP contribution in [0.15, 0.2) is 70.4 Å². The Kier molecular flexibility index (Phi) is 5.01. The smallest absolute Gasteiger partial charge is 0.283 e. The maximum Gasteiger partial charge on any atom is 0.283 e. The first-order chi connectivity index (χ1) is 15.4. The van der Waals surface area contributed by atoms with Crippen LogP contribution in [0.5, 0.6) is 0 Å². The predicted molar refractivity (Wildman–Crippen MR) is 127 cm³/mol. The Morgan fingerprint density at radius 2 is 1.91 bits per heavy atom. The predicted octanol–water partition coefficient (Wildman–Crippen LogP) is 5.10. The monoisotopic (exact) mass is 445 g/mol. The molecule has 32 heavy (non-hydrogen) atoms. The van der Waals surface area contributed by atoms with Gasteiger partial charge in [-0.3, -0.25) is 10.2 Å². The van der Waals surface area contributed by atoms with E-state index in [1.165, 1.54) is 22.8 Å². The van der Waals surface area contributed by atoms with Crippen LogP contribution in [0.1, 0.15) is 25.0 Å². The molecule has 1 aromatic heterocycles. The maximum absolute atomic E-state index is 14.2. The van der Waals surface area contributed by atoms with Crippen molar-refractivity contribution < 1.29 is 9.18 Å². The first kappa shape index (κ1) is 20.4. The molecule has 3 heterocycles. The third-order valence-corrected chi connectivity index (χ3v) is 6.59. The summed E-state index contributed by atoms with van der Waals surface area (Å²) < 4.78 is 16.2. The van der Waals surface area contributed by atoms with Gasteiger partial charge in [-0.25, -0.2) is 4.39 Å². The number of rotatable bonds is 4. The number of amidine groups is 2. The lowest BCUT2D eigenvalue weighted by Gasteiger charge is -2.20. The molecule has 2 aliphatic heterocycles. The van der Waals surface area contributed by atoms with E-state index >= 15 is 0 Å². The van der Waals surface area contributed by atoms with Gasteiger partial charge >= 0.3 is 0 Å². The quantitative estimate of drug-likeness (QED) is 0.568. The molecule has 160 valence electrons. The molecule has 0 radical (unpaired) electrons. The zero-order chi connectivity index (χ0) is 22.4. The van der Waals surface area contributed by atoms with Crippen molar-refractivity contribution in [2.24, 2.45) is 16.0 Å². The summed E-state index contributed by atoms with van der Waals surface area (Å²) in [6.45, 7) is 4.38. The van der Waals surface area contributed by atoms with Crippen molar-refractivity contribution in [1.29, 1.82) is 5.41 Å². The topological polar surface area (TPSA) is 73.8 Å². The molecule has 0 saturated heterocycles. The average Bonchev–Trinajstić information content (AvgIpc) is 3.35. The van der Waals surface area contributed by atoms with Crippen LogP contribution in [-0.4, -0.2) is 31.5 Å². The molecule has 5 rings (SSSR count). The number of nitrogens with zero attached hydrogens (tertiary/aromatic N) is 4. The Labute approximate surface area is 188 Å². The molecule has 1 N–H and O–H groups in total. The SMILES string of the molecule is CC(C)C1=NN2C(=N)/C(=C/c3cn(Cc4ccccc4F)c4ccccc34)C(=O)N=C2S1. The molecule has 0 fully saturated rings. The maximum atomic E-state index is 14.2. The number of thioether (sulfide) groups is 1. The lowest BCUT2D eigenvalue weighted by Crippen LogP contribution is -2.35. The lowest BCUT2D eigenvalue weighted by molar-refractivity contribution is -0.114. The summed E-state index contributed by atoms with van der Waals surface area (Å²) in [6.07, 6.45) is 3.56. The fraction of sp³-hybridized carbons (Fsp3) is 0.167. The van der Waals surface area contributed by atoms with Crippen LogP contribution >= 0.6 is 11.8 Å². The third kappa shape index (κ3) is 3.46. The van der Waals surface area contributed by atoms with E-state index in [0.29, 0.717) is 17.3 Å². The van der Waals surface area contributed by atoms with Crippen LogP contribution in [0, 0.1) is 17.1 Å². The van der Waals surface area contributed by atoms with Crippen LogP contribution in [0.3, 0.4) is 0 Å². The highest BCUT2D eigenvalue weighted by Gasteiger charge is 2.36. The van der Waals surface area contributed by atoms with Crippen molar-refractivity contribution in [2.45, 2.75) is 20.4 Å². The summed E-state index contributed by atoms with van der Waals surface area (Å²) in [7, 11) is 0. The molecule has 0 unspecified atom stereocenters. The van der Waals surface area contributed by atoms with Gasteiger partial charge in [0.25, 0.3) is 5.91 Å². The number of hydrogen-bond acceptors (Lipinski definition) is 4. The molecular weight excluding hydrogens is 425 g/mol. The van der Waals surface area contributed by atoms with E-state index in [-0.39, 0.29) is 23.1 Å². The summed E-state index contributed by atoms with van der Waals surface area (Å²) >= 11 is 1.33. The Morgan fingerprint density at radius 3 is 2.69 bits per heavy atom. The normalized spacial score (nSPS) is 17.4. The Balaban J connectivity index is 1.57. The van der Waals surface area contributed by atoms with Crippen molar-refractivity contribution in [3.8, 4) is 0 Å². The van der Waals surface area contributed by atoms with Gasteiger partial charge in [-0.15, -0.1) is 0 Å². The van der Waals surface area contributed by atoms with E-state index < -0.39 is 5.91 Å². The van der Waals surface area contributed by atoms with Gasteiger partial charge in [-0.1, -0.05) is 50.2 Å². The molecule has 2 aliphatic rings. The van der Waals surface area contributed by atoms with Gasteiger partial charge in [0.2, 0.25) is 5.17 Å². The van der Waals surface area contributed by atoms with E-state index in [9.17, 15) is 9.18 Å². The Morgan fingerprint density at radius 1 is 1.16 bits per heavy atom. The number of nitrogens with one attached hydrogen (secondary N) is 1. The lowest BCUT2D eigenvalue weighted by atomic mass is 10.1. The van der Waals surface area contributed by atoms with Gasteiger partial charge in [0, 0.05) is 34.1 Å². The summed E-state index contributed by atoms with van der Waals surface area (Å²) in [6, 6.07) is 14.4. The molecule has 0 atom stereocenters. The molecule has 2 aromatic carbocycles. The highest BCUT2D eigenvalue weighted by molar-refractivity contribution is 8.27. The number of fused-ring (bicyclic) bond motifs is 2. The van der Waals surface area contributed by atoms with E-state index in [4.69, 9.17) is 5.41 Å². The van der Waals surface area contributed by atoms with E-state index in [2.05, 4.69) is 10.1 Å². The van der Waals surface area contributed by atoms with Gasteiger partial charge in [0.15, 0.2) is 5.84 Å². The van der Waals surface area contributed by atoms with E-state index in [0.717, 1.165) is 21.5 Å². The zero-order valence-electron chi connectivity index (χ0n) is 17.5. The first-order valence-electron chi connectivity index (χ1n) is 10.2. The highest BCUT2D eigenvalue weighted by Crippen LogP contribution is 2.32. The first-order valence-corrected chi connectivity index (χ1v) is 11.1. The Hall–Kier alpha value is -3.52. The fourth-order valence-corrected chi connectivity index (χ4v) is 4.62. The van der Waals surface area contributed by atoms with Crippen LogP contribution < -0.4 is 0 Å². The van der Waals surface area contributed by atoms with Gasteiger partial charge in [-0.2, -0.15) is 15.1 Å². The molecule has 1 amide bonds. The zero-order valence-corrected chi connectivity index (χ0v) is 18.4. The molecule has 0 saturated carbocycles. The van der Waals surface area contributed by atoms with Gasteiger partial charge < -0.3 is 4.57 Å². The third-order valence-electron chi connectivity index (χ3n) is 5.38. The summed E-state index contributed by atoms with van der Waals surface area (Å²) in [5, 5.41) is 16.6. The minimum Gasteiger partial charge on any atom is -0.342 e. The summed E-state index contributed by atoms with van der Waals surface area (Å²) in [4.78, 5) is 16.9. The van der Waals surface area contributed by atoms with E-state index in [1.807, 2.05) is 54.9 Å². The molecule has 0 bridgehead atoms. The largest absolute Gasteiger partial charge is 0.342 e. The second-order valence-corrected chi connectivity index (χ2v) is 8.92. The van der Waals surface area contributed by atoms with Gasteiger partial charge in [-0.05, 0) is 30.0 Å². The number of benzene rings is 2. The van der Waals surface area contributed by atoms with Gasteiger partial charge in [0.05, 0.1) is 12.1 Å². The molecule has 6 nitrogen and oxygen atoms in total. The Bertz CT molecular complexity index is 1370. The standard InChI is InChI=1S/C24H20FN5OS/c1-14(2)23-28-30-21(26)18(22(31)27-24(30)32-23)11-16-13-29(20-10-6-4-8-17(16)20)12-15-7-3-5-9-19(15)25/h3-11,13-14,26H,12H2,1-2H3/b18-11-,26-21?. The number of hydrogen-bond donors (Lipinski definition) is 1. The summed E-state index contributed by atoms with van der Waals surface area (Å²) in [5.41, 5.74) is 2.44. The second-order valence-electron chi connectivity index (χ2n) is 7.93. The molecule has 3 aromatic rings. The number of halogens is 1. The molecule has 8 heteroatoms. The van der Waals surface area contributed by atoms with Gasteiger partial charge in [0.1, 0.15) is 10.9 Å². The van der Waals surface area contributed by atoms with Crippen LogP contribution in [0.2, 0.25) is 0 Å². The molecular formula is C24H20FN5OS. The van der Waals surface area contributed by atoms with Crippen LogP contribution in [-0.2, 0) is 11.3 Å². The number of carbonyl (C=O) groups is 1. The second kappa shape index (κ2) is 7.87.